The van der Waals surface area contributed by atoms with E-state index in [0.29, 0.717) is 6.54 Å². The highest BCUT2D eigenvalue weighted by Crippen LogP contribution is 2.07. The van der Waals surface area contributed by atoms with Gasteiger partial charge in [0.2, 0.25) is 0 Å². The molecular weight excluding hydrogens is 208 g/mol. The lowest BCUT2D eigenvalue weighted by Gasteiger charge is -1.99. The average molecular weight is 217 g/mol. The summed E-state index contributed by atoms with van der Waals surface area (Å²) in [5.41, 5.74) is 0.841. The fourth-order valence-corrected chi connectivity index (χ4v) is 1.44. The van der Waals surface area contributed by atoms with Gasteiger partial charge in [-0.05, 0) is 6.92 Å². The number of aryl methyl sites for hydroxylation is 1. The van der Waals surface area contributed by atoms with Crippen LogP contribution >= 0.6 is 22.9 Å². The van der Waals surface area contributed by atoms with Crippen LogP contribution in [0.3, 0.4) is 0 Å². The van der Waals surface area contributed by atoms with Crippen molar-refractivity contribution >= 4 is 28.8 Å². The Balaban J connectivity index is 2.44. The maximum Gasteiger partial charge on any atom is 0.262 e. The van der Waals surface area contributed by atoms with Crippen LogP contribution in [-0.2, 0) is 11.3 Å². The summed E-state index contributed by atoms with van der Waals surface area (Å²) >= 11 is 6.92. The predicted molar refractivity (Wildman–Crippen MR) is 53.7 cm³/mol. The summed E-state index contributed by atoms with van der Waals surface area (Å²) in [5.74, 6) is -0.354. The Morgan fingerprint density at radius 1 is 1.85 bits per heavy atom. The Bertz CT molecular complexity index is 335. The zero-order valence-electron chi connectivity index (χ0n) is 7.13. The highest BCUT2D eigenvalue weighted by Gasteiger charge is 2.04. The largest absolute Gasteiger partial charge is 0.346 e. The lowest BCUT2D eigenvalue weighted by atomic mass is 10.4. The van der Waals surface area contributed by atoms with E-state index >= 15 is 0 Å². The van der Waals surface area contributed by atoms with Crippen molar-refractivity contribution < 1.29 is 4.79 Å². The number of thiazole rings is 1. The Labute approximate surface area is 85.4 Å². The van der Waals surface area contributed by atoms with Crippen LogP contribution in [-0.4, -0.2) is 10.9 Å². The van der Waals surface area contributed by atoms with Crippen LogP contribution in [0.2, 0.25) is 0 Å². The van der Waals surface area contributed by atoms with Crippen molar-refractivity contribution in [2.75, 3.05) is 0 Å². The molecule has 0 saturated carbocycles. The first-order valence-corrected chi connectivity index (χ1v) is 4.89. The maximum atomic E-state index is 11.0. The monoisotopic (exact) mass is 216 g/mol. The van der Waals surface area contributed by atoms with Crippen LogP contribution in [0.1, 0.15) is 10.7 Å². The quantitative estimate of drug-likeness (QED) is 0.784. The van der Waals surface area contributed by atoms with Gasteiger partial charge in [-0.3, -0.25) is 4.79 Å². The van der Waals surface area contributed by atoms with Gasteiger partial charge in [0.05, 0.1) is 22.3 Å². The van der Waals surface area contributed by atoms with Crippen molar-refractivity contribution in [1.82, 2.24) is 10.3 Å². The van der Waals surface area contributed by atoms with Crippen LogP contribution in [0.25, 0.3) is 0 Å². The van der Waals surface area contributed by atoms with Gasteiger partial charge in [-0.2, -0.15) is 0 Å². The van der Waals surface area contributed by atoms with Gasteiger partial charge >= 0.3 is 0 Å². The SMILES string of the molecule is C=C(Cl)C(=O)NCc1csc(C)n1. The summed E-state index contributed by atoms with van der Waals surface area (Å²) in [6.07, 6.45) is 0. The molecule has 13 heavy (non-hydrogen) atoms. The summed E-state index contributed by atoms with van der Waals surface area (Å²) in [7, 11) is 0. The predicted octanol–water partition coefficient (Wildman–Crippen LogP) is 1.82. The van der Waals surface area contributed by atoms with Crippen LogP contribution in [0.15, 0.2) is 17.0 Å². The zero-order chi connectivity index (χ0) is 9.84. The Morgan fingerprint density at radius 3 is 3.00 bits per heavy atom. The van der Waals surface area contributed by atoms with Crippen molar-refractivity contribution in [2.45, 2.75) is 13.5 Å². The molecule has 0 saturated heterocycles. The maximum absolute atomic E-state index is 11.0. The Kier molecular flexibility index (Phi) is 3.45. The first-order chi connectivity index (χ1) is 6.09. The topological polar surface area (TPSA) is 42.0 Å². The molecule has 1 aromatic rings. The summed E-state index contributed by atoms with van der Waals surface area (Å²) in [4.78, 5) is 15.1. The molecule has 0 aliphatic heterocycles. The number of carbonyl (C=O) groups is 1. The molecule has 70 valence electrons. The standard InChI is InChI=1S/C8H9ClN2OS/c1-5(9)8(12)10-3-7-4-13-6(2)11-7/h4H,1,3H2,2H3,(H,10,12). The van der Waals surface area contributed by atoms with Crippen molar-refractivity contribution in [3.8, 4) is 0 Å². The summed E-state index contributed by atoms with van der Waals surface area (Å²) in [6, 6.07) is 0. The van der Waals surface area contributed by atoms with Crippen LogP contribution < -0.4 is 5.32 Å². The molecule has 1 rings (SSSR count). The zero-order valence-corrected chi connectivity index (χ0v) is 8.71. The molecule has 0 aromatic carbocycles. The second-order valence-corrected chi connectivity index (χ2v) is 3.96. The van der Waals surface area contributed by atoms with E-state index in [1.54, 1.807) is 11.3 Å². The van der Waals surface area contributed by atoms with Gasteiger partial charge in [-0.25, -0.2) is 4.98 Å². The van der Waals surface area contributed by atoms with Gasteiger partial charge < -0.3 is 5.32 Å². The molecule has 0 radical (unpaired) electrons. The first-order valence-electron chi connectivity index (χ1n) is 3.63. The normalized spacial score (nSPS) is 9.69. The van der Waals surface area contributed by atoms with Crippen LogP contribution in [0.5, 0.6) is 0 Å². The van der Waals surface area contributed by atoms with E-state index in [2.05, 4.69) is 16.9 Å². The van der Waals surface area contributed by atoms with E-state index in [4.69, 9.17) is 11.6 Å². The molecule has 5 heteroatoms. The lowest BCUT2D eigenvalue weighted by Crippen LogP contribution is -2.22. The molecule has 3 nitrogen and oxygen atoms in total. The third-order valence-corrected chi connectivity index (χ3v) is 2.34. The van der Waals surface area contributed by atoms with Gasteiger partial charge in [0.25, 0.3) is 5.91 Å². The molecule has 1 amide bonds. The molecule has 1 N–H and O–H groups in total. The minimum atomic E-state index is -0.354. The second kappa shape index (κ2) is 4.39. The second-order valence-electron chi connectivity index (χ2n) is 2.45. The van der Waals surface area contributed by atoms with Crippen LogP contribution in [0.4, 0.5) is 0 Å². The van der Waals surface area contributed by atoms with E-state index in [-0.39, 0.29) is 10.9 Å². The number of aromatic nitrogens is 1. The van der Waals surface area contributed by atoms with E-state index in [0.717, 1.165) is 10.7 Å². The van der Waals surface area contributed by atoms with Crippen molar-refractivity contribution in [1.29, 1.82) is 0 Å². The Hall–Kier alpha value is -0.870. The highest BCUT2D eigenvalue weighted by molar-refractivity contribution is 7.09. The number of rotatable bonds is 3. The molecular formula is C8H9ClN2OS. The summed E-state index contributed by atoms with van der Waals surface area (Å²) in [5, 5.41) is 5.45. The van der Waals surface area contributed by atoms with Gasteiger partial charge in [-0.15, -0.1) is 11.3 Å². The number of nitrogens with one attached hydrogen (secondary N) is 1. The smallest absolute Gasteiger partial charge is 0.262 e. The van der Waals surface area contributed by atoms with E-state index in [1.807, 2.05) is 12.3 Å². The molecule has 0 unspecified atom stereocenters. The average Bonchev–Trinajstić information content (AvgIpc) is 2.47. The van der Waals surface area contributed by atoms with Crippen molar-refractivity contribution in [2.24, 2.45) is 0 Å². The molecule has 0 bridgehead atoms. The lowest BCUT2D eigenvalue weighted by molar-refractivity contribution is -0.117. The fourth-order valence-electron chi connectivity index (χ4n) is 0.756. The molecule has 0 aliphatic rings. The number of carbonyl (C=O) groups excluding carboxylic acids is 1. The first kappa shape index (κ1) is 10.2. The number of amides is 1. The number of halogens is 1. The number of hydrogen-bond acceptors (Lipinski definition) is 3. The summed E-state index contributed by atoms with van der Waals surface area (Å²) in [6.45, 7) is 5.62. The highest BCUT2D eigenvalue weighted by atomic mass is 35.5. The molecule has 1 heterocycles. The third-order valence-electron chi connectivity index (χ3n) is 1.34. The van der Waals surface area contributed by atoms with Gasteiger partial charge in [0.1, 0.15) is 0 Å². The number of nitrogens with zero attached hydrogens (tertiary/aromatic N) is 1. The van der Waals surface area contributed by atoms with Crippen molar-refractivity contribution in [3.63, 3.8) is 0 Å². The van der Waals surface area contributed by atoms with E-state index in [1.165, 1.54) is 0 Å². The fraction of sp³-hybridized carbons (Fsp3) is 0.250. The van der Waals surface area contributed by atoms with Gasteiger partial charge in [-0.1, -0.05) is 18.2 Å². The molecule has 0 aliphatic carbocycles. The molecule has 1 aromatic heterocycles. The van der Waals surface area contributed by atoms with E-state index < -0.39 is 0 Å². The van der Waals surface area contributed by atoms with Gasteiger partial charge in [0.15, 0.2) is 0 Å². The van der Waals surface area contributed by atoms with Crippen LogP contribution in [0, 0.1) is 6.92 Å². The number of hydrogen-bond donors (Lipinski definition) is 1. The third kappa shape index (κ3) is 3.16. The molecule has 0 fully saturated rings. The minimum Gasteiger partial charge on any atom is -0.346 e. The van der Waals surface area contributed by atoms with Crippen molar-refractivity contribution in [3.05, 3.63) is 27.7 Å². The van der Waals surface area contributed by atoms with E-state index in [9.17, 15) is 4.79 Å². The van der Waals surface area contributed by atoms with Gasteiger partial charge in [0, 0.05) is 5.38 Å². The molecule has 0 spiro atoms. The Morgan fingerprint density at radius 2 is 2.54 bits per heavy atom. The summed E-state index contributed by atoms with van der Waals surface area (Å²) < 4.78 is 0. The minimum absolute atomic E-state index is 0.00745. The molecule has 0 atom stereocenters.